The van der Waals surface area contributed by atoms with Gasteiger partial charge in [0.05, 0.1) is 19.9 Å². The molecule has 3 aromatic rings. The van der Waals surface area contributed by atoms with Crippen LogP contribution in [-0.2, 0) is 11.3 Å². The molecular formula is C19H18ClN3O3. The molecule has 1 amide bonds. The molecule has 0 saturated carbocycles. The molecule has 1 aromatic heterocycles. The summed E-state index contributed by atoms with van der Waals surface area (Å²) in [6.45, 7) is 0.428. The van der Waals surface area contributed by atoms with Crippen molar-refractivity contribution in [1.82, 2.24) is 9.78 Å². The van der Waals surface area contributed by atoms with Gasteiger partial charge in [0.1, 0.15) is 17.3 Å². The Morgan fingerprint density at radius 1 is 1.08 bits per heavy atom. The van der Waals surface area contributed by atoms with E-state index in [-0.39, 0.29) is 12.5 Å². The zero-order valence-electron chi connectivity index (χ0n) is 14.2. The van der Waals surface area contributed by atoms with Crippen LogP contribution in [0.3, 0.4) is 0 Å². The van der Waals surface area contributed by atoms with Gasteiger partial charge in [-0.05, 0) is 42.0 Å². The number of aromatic nitrogens is 2. The third kappa shape index (κ3) is 4.77. The van der Waals surface area contributed by atoms with Crippen LogP contribution < -0.4 is 14.8 Å². The lowest BCUT2D eigenvalue weighted by molar-refractivity contribution is -0.118. The summed E-state index contributed by atoms with van der Waals surface area (Å²) in [6.07, 6.45) is 1.63. The lowest BCUT2D eigenvalue weighted by Crippen LogP contribution is -2.22. The Kier molecular flexibility index (Phi) is 5.76. The van der Waals surface area contributed by atoms with Gasteiger partial charge in [-0.2, -0.15) is 5.10 Å². The van der Waals surface area contributed by atoms with E-state index in [1.165, 1.54) is 0 Å². The first kappa shape index (κ1) is 17.8. The van der Waals surface area contributed by atoms with E-state index in [9.17, 15) is 4.79 Å². The lowest BCUT2D eigenvalue weighted by Gasteiger charge is -2.10. The number of anilines is 1. The van der Waals surface area contributed by atoms with Gasteiger partial charge in [0.25, 0.3) is 5.91 Å². The minimum absolute atomic E-state index is 0.0988. The number of methoxy groups -OCH3 is 1. The molecule has 0 spiro atoms. The SMILES string of the molecule is COc1ccc(OCC(=O)Nc2ccnn2Cc2ccc(Cl)cc2)cc1. The number of ether oxygens (including phenoxy) is 2. The fourth-order valence-corrected chi connectivity index (χ4v) is 2.45. The Bertz CT molecular complexity index is 860. The highest BCUT2D eigenvalue weighted by Crippen LogP contribution is 2.17. The molecule has 0 aliphatic rings. The fraction of sp³-hybridized carbons (Fsp3) is 0.158. The van der Waals surface area contributed by atoms with Gasteiger partial charge in [-0.1, -0.05) is 23.7 Å². The van der Waals surface area contributed by atoms with Crippen molar-refractivity contribution in [1.29, 1.82) is 0 Å². The van der Waals surface area contributed by atoms with Crippen molar-refractivity contribution in [3.63, 3.8) is 0 Å². The largest absolute Gasteiger partial charge is 0.497 e. The normalized spacial score (nSPS) is 10.4. The van der Waals surface area contributed by atoms with E-state index in [1.54, 1.807) is 48.3 Å². The number of rotatable bonds is 7. The van der Waals surface area contributed by atoms with Gasteiger partial charge in [0.2, 0.25) is 0 Å². The maximum Gasteiger partial charge on any atom is 0.263 e. The van der Waals surface area contributed by atoms with Crippen LogP contribution in [0.2, 0.25) is 5.02 Å². The van der Waals surface area contributed by atoms with Crippen LogP contribution in [0, 0.1) is 0 Å². The van der Waals surface area contributed by atoms with E-state index in [4.69, 9.17) is 21.1 Å². The van der Waals surface area contributed by atoms with Crippen molar-refractivity contribution in [3.05, 3.63) is 71.4 Å². The molecule has 2 aromatic carbocycles. The second kappa shape index (κ2) is 8.40. The molecule has 0 bridgehead atoms. The minimum Gasteiger partial charge on any atom is -0.497 e. The van der Waals surface area contributed by atoms with Gasteiger partial charge in [-0.15, -0.1) is 0 Å². The van der Waals surface area contributed by atoms with Gasteiger partial charge >= 0.3 is 0 Å². The number of hydrogen-bond acceptors (Lipinski definition) is 4. The van der Waals surface area contributed by atoms with Gasteiger partial charge < -0.3 is 14.8 Å². The number of nitrogens with one attached hydrogen (secondary N) is 1. The van der Waals surface area contributed by atoms with Crippen molar-refractivity contribution in [3.8, 4) is 11.5 Å². The Labute approximate surface area is 156 Å². The maximum absolute atomic E-state index is 12.1. The average molecular weight is 372 g/mol. The molecule has 7 heteroatoms. The topological polar surface area (TPSA) is 65.4 Å². The minimum atomic E-state index is -0.265. The third-order valence-corrected chi connectivity index (χ3v) is 3.91. The fourth-order valence-electron chi connectivity index (χ4n) is 2.33. The van der Waals surface area contributed by atoms with Crippen LogP contribution in [0.1, 0.15) is 5.56 Å². The Morgan fingerprint density at radius 2 is 1.77 bits per heavy atom. The van der Waals surface area contributed by atoms with Crippen LogP contribution in [0.4, 0.5) is 5.82 Å². The van der Waals surface area contributed by atoms with E-state index < -0.39 is 0 Å². The lowest BCUT2D eigenvalue weighted by atomic mass is 10.2. The molecule has 134 valence electrons. The monoisotopic (exact) mass is 371 g/mol. The van der Waals surface area contributed by atoms with Gasteiger partial charge in [-0.25, -0.2) is 4.68 Å². The molecule has 0 radical (unpaired) electrons. The molecule has 6 nitrogen and oxygen atoms in total. The maximum atomic E-state index is 12.1. The number of carbonyl (C=O) groups is 1. The summed E-state index contributed by atoms with van der Waals surface area (Å²) in [5.74, 6) is 1.66. The second-order valence-corrected chi connectivity index (χ2v) is 5.95. The van der Waals surface area contributed by atoms with Gasteiger partial charge in [0, 0.05) is 11.1 Å². The Morgan fingerprint density at radius 3 is 2.46 bits per heavy atom. The van der Waals surface area contributed by atoms with Crippen molar-refractivity contribution < 1.29 is 14.3 Å². The zero-order chi connectivity index (χ0) is 18.4. The van der Waals surface area contributed by atoms with E-state index in [0.29, 0.717) is 23.1 Å². The van der Waals surface area contributed by atoms with Crippen molar-refractivity contribution >= 4 is 23.3 Å². The summed E-state index contributed by atoms with van der Waals surface area (Å²) in [7, 11) is 1.59. The van der Waals surface area contributed by atoms with Gasteiger partial charge in [-0.3, -0.25) is 4.79 Å². The smallest absolute Gasteiger partial charge is 0.263 e. The van der Waals surface area contributed by atoms with E-state index in [2.05, 4.69) is 10.4 Å². The molecule has 1 N–H and O–H groups in total. The first-order valence-electron chi connectivity index (χ1n) is 7.97. The van der Waals surface area contributed by atoms with Crippen LogP contribution >= 0.6 is 11.6 Å². The van der Waals surface area contributed by atoms with Crippen molar-refractivity contribution in [2.45, 2.75) is 6.54 Å². The summed E-state index contributed by atoms with van der Waals surface area (Å²) >= 11 is 5.90. The summed E-state index contributed by atoms with van der Waals surface area (Å²) in [5.41, 5.74) is 1.03. The number of benzene rings is 2. The predicted octanol–water partition coefficient (Wildman–Crippen LogP) is 3.61. The molecule has 3 rings (SSSR count). The van der Waals surface area contributed by atoms with Crippen LogP contribution in [0.5, 0.6) is 11.5 Å². The highest BCUT2D eigenvalue weighted by atomic mass is 35.5. The Balaban J connectivity index is 1.56. The number of hydrogen-bond donors (Lipinski definition) is 1. The molecule has 0 aliphatic heterocycles. The molecular weight excluding hydrogens is 354 g/mol. The molecule has 0 atom stereocenters. The molecule has 1 heterocycles. The summed E-state index contributed by atoms with van der Waals surface area (Å²) < 4.78 is 12.3. The van der Waals surface area contributed by atoms with Crippen molar-refractivity contribution in [2.24, 2.45) is 0 Å². The molecule has 0 unspecified atom stereocenters. The quantitative estimate of drug-likeness (QED) is 0.689. The highest BCUT2D eigenvalue weighted by Gasteiger charge is 2.09. The predicted molar refractivity (Wildman–Crippen MR) is 99.9 cm³/mol. The highest BCUT2D eigenvalue weighted by molar-refractivity contribution is 6.30. The number of nitrogens with zero attached hydrogens (tertiary/aromatic N) is 2. The molecule has 0 aliphatic carbocycles. The molecule has 0 saturated heterocycles. The van der Waals surface area contributed by atoms with Crippen LogP contribution in [0.15, 0.2) is 60.8 Å². The summed E-state index contributed by atoms with van der Waals surface area (Å²) in [5, 5.41) is 7.72. The van der Waals surface area contributed by atoms with Crippen LogP contribution in [0.25, 0.3) is 0 Å². The zero-order valence-corrected chi connectivity index (χ0v) is 14.9. The van der Waals surface area contributed by atoms with E-state index in [1.807, 2.05) is 24.3 Å². The number of amides is 1. The summed E-state index contributed by atoms with van der Waals surface area (Å²) in [4.78, 5) is 12.1. The molecule has 0 fully saturated rings. The van der Waals surface area contributed by atoms with E-state index in [0.717, 1.165) is 11.3 Å². The number of halogens is 1. The van der Waals surface area contributed by atoms with Crippen LogP contribution in [-0.4, -0.2) is 29.4 Å². The first-order chi connectivity index (χ1) is 12.6. The summed E-state index contributed by atoms with van der Waals surface area (Å²) in [6, 6.07) is 16.3. The first-order valence-corrected chi connectivity index (χ1v) is 8.35. The van der Waals surface area contributed by atoms with E-state index >= 15 is 0 Å². The standard InChI is InChI=1S/C19H18ClN3O3/c1-25-16-6-8-17(9-7-16)26-13-19(24)22-18-10-11-21-23(18)12-14-2-4-15(20)5-3-14/h2-11H,12-13H2,1H3,(H,22,24). The molecule has 26 heavy (non-hydrogen) atoms. The average Bonchev–Trinajstić information content (AvgIpc) is 3.09. The second-order valence-electron chi connectivity index (χ2n) is 5.51. The van der Waals surface area contributed by atoms with Gasteiger partial charge in [0.15, 0.2) is 6.61 Å². The van der Waals surface area contributed by atoms with Crippen molar-refractivity contribution in [2.75, 3.05) is 19.0 Å². The Hall–Kier alpha value is -2.99. The number of carbonyl (C=O) groups excluding carboxylic acids is 1. The third-order valence-electron chi connectivity index (χ3n) is 3.66.